The van der Waals surface area contributed by atoms with Gasteiger partial charge in [0.15, 0.2) is 0 Å². The first-order chi connectivity index (χ1) is 29.8. The zero-order valence-electron chi connectivity index (χ0n) is 35.2. The van der Waals surface area contributed by atoms with Crippen LogP contribution in [0.15, 0.2) is 212 Å². The molecule has 9 aromatic carbocycles. The molecule has 0 fully saturated rings. The monoisotopic (exact) mass is 781 g/mol. The molecular weight excluding hydrogens is 735 g/mol. The van der Waals surface area contributed by atoms with Crippen molar-refractivity contribution in [3.8, 4) is 66.8 Å². The molecule has 0 N–H and O–H groups in total. The molecule has 61 heavy (non-hydrogen) atoms. The van der Waals surface area contributed by atoms with Crippen molar-refractivity contribution in [2.45, 2.75) is 38.5 Å². The Labute approximate surface area is 360 Å². The van der Waals surface area contributed by atoms with E-state index in [1.807, 2.05) is 0 Å². The van der Waals surface area contributed by atoms with Crippen LogP contribution in [-0.2, 0) is 10.8 Å². The molecule has 0 bridgehead atoms. The molecule has 0 heterocycles. The van der Waals surface area contributed by atoms with Gasteiger partial charge in [0.25, 0.3) is 0 Å². The molecule has 11 rings (SSSR count). The van der Waals surface area contributed by atoms with Gasteiger partial charge in [-0.15, -0.1) is 0 Å². The maximum Gasteiger partial charge on any atom is 0.0546 e. The summed E-state index contributed by atoms with van der Waals surface area (Å²) in [6.07, 6.45) is 0. The Morgan fingerprint density at radius 1 is 0.279 bits per heavy atom. The number of anilines is 3. The van der Waals surface area contributed by atoms with Crippen molar-refractivity contribution < 1.29 is 0 Å². The number of fused-ring (bicyclic) bond motifs is 6. The first-order valence-corrected chi connectivity index (χ1v) is 21.5. The zero-order valence-corrected chi connectivity index (χ0v) is 35.2. The van der Waals surface area contributed by atoms with Crippen LogP contribution < -0.4 is 4.90 Å². The summed E-state index contributed by atoms with van der Waals surface area (Å²) in [5.74, 6) is 0. The van der Waals surface area contributed by atoms with Crippen LogP contribution in [0.4, 0.5) is 17.1 Å². The molecule has 1 nitrogen and oxygen atoms in total. The molecule has 0 amide bonds. The van der Waals surface area contributed by atoms with E-state index in [4.69, 9.17) is 0 Å². The summed E-state index contributed by atoms with van der Waals surface area (Å²) < 4.78 is 0. The third-order valence-electron chi connectivity index (χ3n) is 13.5. The van der Waals surface area contributed by atoms with E-state index in [9.17, 15) is 0 Å². The van der Waals surface area contributed by atoms with Crippen molar-refractivity contribution in [1.82, 2.24) is 0 Å². The summed E-state index contributed by atoms with van der Waals surface area (Å²) >= 11 is 0. The largest absolute Gasteiger partial charge is 0.309 e. The van der Waals surface area contributed by atoms with Gasteiger partial charge in [0.05, 0.1) is 11.4 Å². The molecule has 2 aliphatic rings. The summed E-state index contributed by atoms with van der Waals surface area (Å²) in [5, 5.41) is 0. The molecule has 0 unspecified atom stereocenters. The molecule has 0 radical (unpaired) electrons. The van der Waals surface area contributed by atoms with Gasteiger partial charge < -0.3 is 4.90 Å². The fraction of sp³-hybridized carbons (Fsp3) is 0.100. The van der Waals surface area contributed by atoms with Gasteiger partial charge in [0, 0.05) is 27.6 Å². The number of benzene rings is 9. The number of nitrogens with zero attached hydrogens (tertiary/aromatic N) is 1. The van der Waals surface area contributed by atoms with Crippen molar-refractivity contribution >= 4 is 17.1 Å². The van der Waals surface area contributed by atoms with E-state index in [0.29, 0.717) is 0 Å². The molecule has 0 aliphatic heterocycles. The lowest BCUT2D eigenvalue weighted by Gasteiger charge is -2.33. The molecule has 2 aliphatic carbocycles. The standard InChI is InChI=1S/C60H47N/c1-59(2)51-33-17-15-28-48(51)57-49(31-18-34-52(57)59)58-45(41-23-10-6-11-24-41)30-20-36-55(58)61(43-37-38-47-46-27-14-16-32-50(46)60(3,4)53(47)39-43)54-35-19-29-44(40-21-8-5-9-22-40)56(54)42-25-12-7-13-26-42/h5-39H,1-4H3. The van der Waals surface area contributed by atoms with Gasteiger partial charge in [-0.25, -0.2) is 0 Å². The van der Waals surface area contributed by atoms with E-state index >= 15 is 0 Å². The van der Waals surface area contributed by atoms with Gasteiger partial charge in [-0.3, -0.25) is 0 Å². The van der Waals surface area contributed by atoms with Gasteiger partial charge in [-0.05, 0) is 102 Å². The molecule has 1 heteroatoms. The fourth-order valence-corrected chi connectivity index (χ4v) is 10.6. The minimum absolute atomic E-state index is 0.144. The lowest BCUT2D eigenvalue weighted by Crippen LogP contribution is -2.17. The predicted molar refractivity (Wildman–Crippen MR) is 258 cm³/mol. The summed E-state index contributed by atoms with van der Waals surface area (Å²) in [7, 11) is 0. The Kier molecular flexibility index (Phi) is 8.58. The zero-order chi connectivity index (χ0) is 41.3. The van der Waals surface area contributed by atoms with E-state index < -0.39 is 0 Å². The van der Waals surface area contributed by atoms with Crippen molar-refractivity contribution in [3.05, 3.63) is 235 Å². The second kappa shape index (κ2) is 14.2. The Hall–Kier alpha value is -7.22. The van der Waals surface area contributed by atoms with Crippen LogP contribution in [0.1, 0.15) is 49.9 Å². The number of rotatable bonds is 7. The molecule has 0 saturated carbocycles. The molecule has 0 saturated heterocycles. The summed E-state index contributed by atoms with van der Waals surface area (Å²) in [5.41, 5.74) is 23.4. The number of hydrogen-bond acceptors (Lipinski definition) is 1. The van der Waals surface area contributed by atoms with Gasteiger partial charge in [-0.2, -0.15) is 0 Å². The van der Waals surface area contributed by atoms with Crippen molar-refractivity contribution in [1.29, 1.82) is 0 Å². The third kappa shape index (κ3) is 5.76. The maximum atomic E-state index is 2.57. The Morgan fingerprint density at radius 2 is 0.705 bits per heavy atom. The second-order valence-electron chi connectivity index (χ2n) is 17.6. The average Bonchev–Trinajstić information content (AvgIpc) is 3.69. The highest BCUT2D eigenvalue weighted by Crippen LogP contribution is 2.57. The van der Waals surface area contributed by atoms with Gasteiger partial charge in [0.1, 0.15) is 0 Å². The highest BCUT2D eigenvalue weighted by molar-refractivity contribution is 6.06. The lowest BCUT2D eigenvalue weighted by atomic mass is 9.81. The molecule has 0 spiro atoms. The van der Waals surface area contributed by atoms with Crippen molar-refractivity contribution in [2.24, 2.45) is 0 Å². The van der Waals surface area contributed by atoms with Crippen LogP contribution in [0, 0.1) is 0 Å². The SMILES string of the molecule is CC1(C)c2ccccc2-c2ccc(N(c3cccc(-c4ccccc4)c3-c3ccccc3)c3cccc(-c4ccccc4)c3-c3cccc4c3-c3ccccc3C4(C)C)cc21. The lowest BCUT2D eigenvalue weighted by molar-refractivity contribution is 0.660. The minimum atomic E-state index is -0.175. The fourth-order valence-electron chi connectivity index (χ4n) is 10.6. The highest BCUT2D eigenvalue weighted by Gasteiger charge is 2.39. The normalized spacial score (nSPS) is 13.8. The van der Waals surface area contributed by atoms with E-state index in [1.54, 1.807) is 0 Å². The van der Waals surface area contributed by atoms with Crippen LogP contribution in [0.3, 0.4) is 0 Å². The first-order valence-electron chi connectivity index (χ1n) is 21.5. The highest BCUT2D eigenvalue weighted by atomic mass is 15.1. The number of hydrogen-bond donors (Lipinski definition) is 0. The predicted octanol–water partition coefficient (Wildman–Crippen LogP) is 16.4. The van der Waals surface area contributed by atoms with Gasteiger partial charge >= 0.3 is 0 Å². The summed E-state index contributed by atoms with van der Waals surface area (Å²) in [6, 6.07) is 78.7. The minimum Gasteiger partial charge on any atom is -0.309 e. The van der Waals surface area contributed by atoms with E-state index in [0.717, 1.165) is 17.1 Å². The average molecular weight is 782 g/mol. The van der Waals surface area contributed by atoms with Gasteiger partial charge in [0.2, 0.25) is 0 Å². The Bertz CT molecular complexity index is 3120. The Balaban J connectivity index is 1.27. The van der Waals surface area contributed by atoms with E-state index in [-0.39, 0.29) is 10.8 Å². The molecule has 0 aromatic heterocycles. The van der Waals surface area contributed by atoms with Crippen LogP contribution in [0.2, 0.25) is 0 Å². The summed E-state index contributed by atoms with van der Waals surface area (Å²) in [4.78, 5) is 2.57. The topological polar surface area (TPSA) is 3.24 Å². The second-order valence-corrected chi connectivity index (χ2v) is 17.6. The summed E-state index contributed by atoms with van der Waals surface area (Å²) in [6.45, 7) is 9.52. The van der Waals surface area contributed by atoms with Crippen LogP contribution in [0.5, 0.6) is 0 Å². The Morgan fingerprint density at radius 3 is 1.34 bits per heavy atom. The molecule has 292 valence electrons. The smallest absolute Gasteiger partial charge is 0.0546 e. The van der Waals surface area contributed by atoms with Crippen LogP contribution >= 0.6 is 0 Å². The molecule has 0 atom stereocenters. The third-order valence-corrected chi connectivity index (χ3v) is 13.5. The van der Waals surface area contributed by atoms with Crippen LogP contribution in [0.25, 0.3) is 66.8 Å². The van der Waals surface area contributed by atoms with E-state index in [1.165, 1.54) is 89.0 Å². The van der Waals surface area contributed by atoms with Crippen LogP contribution in [-0.4, -0.2) is 0 Å². The first kappa shape index (κ1) is 36.8. The van der Waals surface area contributed by atoms with Crippen molar-refractivity contribution in [2.75, 3.05) is 4.90 Å². The quantitative estimate of drug-likeness (QED) is 0.156. The van der Waals surface area contributed by atoms with Crippen molar-refractivity contribution in [3.63, 3.8) is 0 Å². The molecular formula is C60H47N. The molecule has 9 aromatic rings. The maximum absolute atomic E-state index is 2.57. The van der Waals surface area contributed by atoms with E-state index in [2.05, 4.69) is 245 Å². The van der Waals surface area contributed by atoms with Gasteiger partial charge in [-0.1, -0.05) is 216 Å².